The first kappa shape index (κ1) is 14.4. The van der Waals surface area contributed by atoms with Gasteiger partial charge in [0.2, 0.25) is 5.91 Å². The number of rotatable bonds is 5. The molecule has 1 heterocycles. The third-order valence-electron chi connectivity index (χ3n) is 3.90. The van der Waals surface area contributed by atoms with E-state index in [1.807, 2.05) is 13.8 Å². The Kier molecular flexibility index (Phi) is 5.36. The molecule has 0 saturated carbocycles. The minimum atomic E-state index is -0.481. The number of carbonyl (C=O) groups is 1. The normalized spacial score (nSPS) is 21.6. The summed E-state index contributed by atoms with van der Waals surface area (Å²) >= 11 is 0. The Hall–Kier alpha value is -0.650. The molecule has 1 rings (SSSR count). The molecule has 0 spiro atoms. The zero-order valence-corrected chi connectivity index (χ0v) is 10.8. The fraction of sp³-hybridized carbons (Fsp3) is 0.917. The van der Waals surface area contributed by atoms with E-state index in [-0.39, 0.29) is 18.6 Å². The maximum absolute atomic E-state index is 12.6. The Morgan fingerprint density at radius 1 is 1.53 bits per heavy atom. The van der Waals surface area contributed by atoms with Crippen LogP contribution in [0.3, 0.4) is 0 Å². The molecular weight excluding hydrogens is 220 g/mol. The van der Waals surface area contributed by atoms with Gasteiger partial charge in [-0.05, 0) is 12.8 Å². The van der Waals surface area contributed by atoms with Crippen LogP contribution in [0.2, 0.25) is 0 Å². The maximum atomic E-state index is 12.6. The fourth-order valence-electron chi connectivity index (χ4n) is 2.31. The maximum Gasteiger partial charge on any atom is 0.230 e. The highest BCUT2D eigenvalue weighted by Gasteiger charge is 2.40. The number of aliphatic hydroxyl groups excluding tert-OH is 1. The molecule has 1 aliphatic rings. The van der Waals surface area contributed by atoms with Crippen molar-refractivity contribution in [1.82, 2.24) is 4.90 Å². The molecule has 1 atom stereocenters. The molecule has 3 N–H and O–H groups in total. The average Bonchev–Trinajstić information content (AvgIpc) is 2.41. The molecule has 5 heteroatoms. The lowest BCUT2D eigenvalue weighted by molar-refractivity contribution is -0.152. The van der Waals surface area contributed by atoms with E-state index in [4.69, 9.17) is 10.5 Å². The van der Waals surface area contributed by atoms with Gasteiger partial charge in [0.05, 0.1) is 31.3 Å². The van der Waals surface area contributed by atoms with E-state index in [1.165, 1.54) is 0 Å². The lowest BCUT2D eigenvalue weighted by Gasteiger charge is -2.41. The van der Waals surface area contributed by atoms with Crippen LogP contribution in [0.1, 0.15) is 26.7 Å². The summed E-state index contributed by atoms with van der Waals surface area (Å²) in [7, 11) is 0. The molecule has 5 nitrogen and oxygen atoms in total. The van der Waals surface area contributed by atoms with Gasteiger partial charge in [-0.25, -0.2) is 0 Å². The fourth-order valence-corrected chi connectivity index (χ4v) is 2.31. The van der Waals surface area contributed by atoms with E-state index in [0.717, 1.165) is 12.8 Å². The van der Waals surface area contributed by atoms with Gasteiger partial charge in [0, 0.05) is 13.1 Å². The number of aliphatic hydroxyl groups is 1. The summed E-state index contributed by atoms with van der Waals surface area (Å²) in [5.74, 6) is 0.0624. The minimum absolute atomic E-state index is 0.0557. The smallest absolute Gasteiger partial charge is 0.230 e. The Balaban J connectivity index is 2.84. The van der Waals surface area contributed by atoms with Crippen molar-refractivity contribution >= 4 is 5.91 Å². The van der Waals surface area contributed by atoms with Crippen molar-refractivity contribution in [2.24, 2.45) is 11.1 Å². The summed E-state index contributed by atoms with van der Waals surface area (Å²) in [5, 5.41) is 9.29. The van der Waals surface area contributed by atoms with Gasteiger partial charge in [0.25, 0.3) is 0 Å². The van der Waals surface area contributed by atoms with Crippen molar-refractivity contribution < 1.29 is 14.6 Å². The van der Waals surface area contributed by atoms with Crippen molar-refractivity contribution in [3.63, 3.8) is 0 Å². The second kappa shape index (κ2) is 6.33. The van der Waals surface area contributed by atoms with Crippen molar-refractivity contribution in [3.05, 3.63) is 0 Å². The Morgan fingerprint density at radius 2 is 2.18 bits per heavy atom. The summed E-state index contributed by atoms with van der Waals surface area (Å²) in [5.41, 5.74) is 5.30. The molecule has 0 aromatic carbocycles. The monoisotopic (exact) mass is 244 g/mol. The molecule has 17 heavy (non-hydrogen) atoms. The van der Waals surface area contributed by atoms with Gasteiger partial charge in [-0.1, -0.05) is 13.8 Å². The van der Waals surface area contributed by atoms with Crippen LogP contribution in [0.15, 0.2) is 0 Å². The number of amides is 1. The Labute approximate surface area is 103 Å². The van der Waals surface area contributed by atoms with Crippen LogP contribution < -0.4 is 5.73 Å². The molecule has 0 bridgehead atoms. The number of hydrogen-bond acceptors (Lipinski definition) is 4. The van der Waals surface area contributed by atoms with Crippen LogP contribution in [-0.4, -0.2) is 54.9 Å². The molecule has 1 saturated heterocycles. The standard InChI is InChI=1S/C12H24N2O3/c1-3-12(4-2,9-13)11(16)14-5-6-17-8-10(14)7-15/h10,15H,3-9,13H2,1-2H3. The van der Waals surface area contributed by atoms with Gasteiger partial charge >= 0.3 is 0 Å². The quantitative estimate of drug-likeness (QED) is 0.712. The number of morpholine rings is 1. The third-order valence-corrected chi connectivity index (χ3v) is 3.90. The van der Waals surface area contributed by atoms with Crippen LogP contribution in [0, 0.1) is 5.41 Å². The molecule has 0 radical (unpaired) electrons. The van der Waals surface area contributed by atoms with E-state index in [1.54, 1.807) is 4.90 Å². The van der Waals surface area contributed by atoms with Crippen molar-refractivity contribution in [3.8, 4) is 0 Å². The Bertz CT molecular complexity index is 246. The van der Waals surface area contributed by atoms with Gasteiger partial charge in [0.1, 0.15) is 0 Å². The zero-order valence-electron chi connectivity index (χ0n) is 10.8. The van der Waals surface area contributed by atoms with E-state index in [2.05, 4.69) is 0 Å². The zero-order chi connectivity index (χ0) is 12.9. The van der Waals surface area contributed by atoms with Gasteiger partial charge in [-0.2, -0.15) is 0 Å². The lowest BCUT2D eigenvalue weighted by atomic mass is 9.80. The first-order chi connectivity index (χ1) is 8.15. The first-order valence-electron chi connectivity index (χ1n) is 6.35. The molecule has 1 amide bonds. The number of carbonyl (C=O) groups excluding carboxylic acids is 1. The van der Waals surface area contributed by atoms with E-state index in [0.29, 0.717) is 26.3 Å². The van der Waals surface area contributed by atoms with Gasteiger partial charge in [0.15, 0.2) is 0 Å². The van der Waals surface area contributed by atoms with Crippen LogP contribution in [-0.2, 0) is 9.53 Å². The lowest BCUT2D eigenvalue weighted by Crippen LogP contribution is -2.56. The predicted molar refractivity (Wildman–Crippen MR) is 65.5 cm³/mol. The van der Waals surface area contributed by atoms with Crippen LogP contribution in [0.25, 0.3) is 0 Å². The number of hydrogen-bond donors (Lipinski definition) is 2. The summed E-state index contributed by atoms with van der Waals surface area (Å²) in [4.78, 5) is 14.3. The molecular formula is C12H24N2O3. The first-order valence-corrected chi connectivity index (χ1v) is 6.35. The molecule has 1 fully saturated rings. The third kappa shape index (κ3) is 2.78. The number of nitrogens with two attached hydrogens (primary N) is 1. The van der Waals surface area contributed by atoms with Crippen LogP contribution >= 0.6 is 0 Å². The largest absolute Gasteiger partial charge is 0.394 e. The molecule has 0 aromatic rings. The van der Waals surface area contributed by atoms with E-state index < -0.39 is 5.41 Å². The van der Waals surface area contributed by atoms with Crippen LogP contribution in [0.4, 0.5) is 0 Å². The summed E-state index contributed by atoms with van der Waals surface area (Å²) in [6, 6.07) is -0.222. The average molecular weight is 244 g/mol. The molecule has 1 aliphatic heterocycles. The van der Waals surface area contributed by atoms with Gasteiger partial charge in [-0.15, -0.1) is 0 Å². The van der Waals surface area contributed by atoms with Crippen molar-refractivity contribution in [2.45, 2.75) is 32.7 Å². The topological polar surface area (TPSA) is 75.8 Å². The van der Waals surface area contributed by atoms with E-state index in [9.17, 15) is 9.90 Å². The van der Waals surface area contributed by atoms with Gasteiger partial charge in [-0.3, -0.25) is 4.79 Å². The van der Waals surface area contributed by atoms with E-state index >= 15 is 0 Å². The summed E-state index contributed by atoms with van der Waals surface area (Å²) in [6.07, 6.45) is 1.46. The molecule has 0 aromatic heterocycles. The Morgan fingerprint density at radius 3 is 2.65 bits per heavy atom. The summed E-state index contributed by atoms with van der Waals surface area (Å²) < 4.78 is 5.28. The van der Waals surface area contributed by atoms with Gasteiger partial charge < -0.3 is 20.5 Å². The van der Waals surface area contributed by atoms with Crippen LogP contribution in [0.5, 0.6) is 0 Å². The van der Waals surface area contributed by atoms with Crippen molar-refractivity contribution in [1.29, 1.82) is 0 Å². The second-order valence-electron chi connectivity index (χ2n) is 4.60. The second-order valence-corrected chi connectivity index (χ2v) is 4.60. The molecule has 100 valence electrons. The predicted octanol–water partition coefficient (Wildman–Crippen LogP) is -0.0288. The summed E-state index contributed by atoms with van der Waals surface area (Å²) in [6.45, 7) is 5.78. The molecule has 1 unspecified atom stereocenters. The number of ether oxygens (including phenoxy) is 1. The highest BCUT2D eigenvalue weighted by atomic mass is 16.5. The highest BCUT2D eigenvalue weighted by molar-refractivity contribution is 5.83. The van der Waals surface area contributed by atoms with Crippen molar-refractivity contribution in [2.75, 3.05) is 32.9 Å². The SMILES string of the molecule is CCC(CC)(CN)C(=O)N1CCOCC1CO. The number of nitrogens with zero attached hydrogens (tertiary/aromatic N) is 1. The molecule has 0 aliphatic carbocycles. The minimum Gasteiger partial charge on any atom is -0.394 e. The highest BCUT2D eigenvalue weighted by Crippen LogP contribution is 2.29.